The number of nitrogens with one attached hydrogen (secondary N) is 2. The van der Waals surface area contributed by atoms with Gasteiger partial charge in [0, 0.05) is 43.5 Å². The van der Waals surface area contributed by atoms with Gasteiger partial charge < -0.3 is 21.3 Å². The molecule has 1 fully saturated rings. The van der Waals surface area contributed by atoms with Crippen molar-refractivity contribution in [2.45, 2.75) is 45.6 Å². The van der Waals surface area contributed by atoms with Crippen LogP contribution in [0.4, 0.5) is 27.5 Å². The maximum absolute atomic E-state index is 13.4. The van der Waals surface area contributed by atoms with E-state index in [2.05, 4.69) is 32.4 Å². The topological polar surface area (TPSA) is 96.2 Å². The normalized spacial score (nSPS) is 15.7. The predicted molar refractivity (Wildman–Crippen MR) is 116 cm³/mol. The summed E-state index contributed by atoms with van der Waals surface area (Å²) < 4.78 is 13.4. The number of aromatic nitrogens is 2. The van der Waals surface area contributed by atoms with Gasteiger partial charge >= 0.3 is 0 Å². The Morgan fingerprint density at radius 1 is 1.34 bits per heavy atom. The van der Waals surface area contributed by atoms with Gasteiger partial charge in [0.05, 0.1) is 5.69 Å². The first-order valence-corrected chi connectivity index (χ1v) is 9.66. The molecular weight excluding hydrogens is 395 g/mol. The zero-order valence-electron chi connectivity index (χ0n) is 16.7. The Kier molecular flexibility index (Phi) is 8.01. The van der Waals surface area contributed by atoms with Gasteiger partial charge in [0.2, 0.25) is 11.9 Å². The Bertz CT molecular complexity index is 850. The molecule has 1 aliphatic rings. The zero-order chi connectivity index (χ0) is 20.1. The molecule has 2 aromatic rings. The van der Waals surface area contributed by atoms with Gasteiger partial charge in [-0.3, -0.25) is 4.79 Å². The number of nitrogen functional groups attached to an aromatic ring is 1. The Morgan fingerprint density at radius 3 is 2.83 bits per heavy atom. The number of nitrogens with zero attached hydrogens (tertiary/aromatic N) is 3. The summed E-state index contributed by atoms with van der Waals surface area (Å²) in [5.74, 6) is 0.809. The van der Waals surface area contributed by atoms with Crippen molar-refractivity contribution in [2.75, 3.05) is 29.0 Å². The highest BCUT2D eigenvalue weighted by molar-refractivity contribution is 5.85. The summed E-state index contributed by atoms with van der Waals surface area (Å²) >= 11 is 0. The number of amides is 1. The molecule has 0 unspecified atom stereocenters. The van der Waals surface area contributed by atoms with Crippen molar-refractivity contribution < 1.29 is 9.18 Å². The third-order valence-electron chi connectivity index (χ3n) is 4.72. The van der Waals surface area contributed by atoms with E-state index in [1.54, 1.807) is 6.07 Å². The summed E-state index contributed by atoms with van der Waals surface area (Å²) in [7, 11) is 0. The van der Waals surface area contributed by atoms with Gasteiger partial charge in [-0.05, 0) is 37.5 Å². The summed E-state index contributed by atoms with van der Waals surface area (Å²) in [6.45, 7) is 5.21. The number of rotatable bonds is 7. The van der Waals surface area contributed by atoms with Gasteiger partial charge in [0.15, 0.2) is 0 Å². The Morgan fingerprint density at radius 2 is 2.14 bits per heavy atom. The minimum absolute atomic E-state index is 0. The number of aryl methyl sites for hydroxylation is 1. The van der Waals surface area contributed by atoms with E-state index in [9.17, 15) is 9.18 Å². The number of anilines is 4. The van der Waals surface area contributed by atoms with Crippen LogP contribution in [-0.4, -0.2) is 35.0 Å². The number of nitrogens with two attached hydrogens (primary N) is 1. The highest BCUT2D eigenvalue weighted by atomic mass is 35.5. The first-order chi connectivity index (χ1) is 13.4. The summed E-state index contributed by atoms with van der Waals surface area (Å²) in [5, 5.41) is 6.10. The van der Waals surface area contributed by atoms with Crippen molar-refractivity contribution in [3.63, 3.8) is 0 Å². The SMILES string of the molecule is CCCCc1cc(N2CC[C@H](NC(C)=O)C2)nc(Nc2ccc(F)c(N)c2)n1.Cl. The smallest absolute Gasteiger partial charge is 0.229 e. The summed E-state index contributed by atoms with van der Waals surface area (Å²) in [6.07, 6.45) is 3.85. The van der Waals surface area contributed by atoms with E-state index < -0.39 is 5.82 Å². The van der Waals surface area contributed by atoms with E-state index >= 15 is 0 Å². The predicted octanol–water partition coefficient (Wildman–Crippen LogP) is 3.42. The fraction of sp³-hybridized carbons (Fsp3) is 0.450. The highest BCUT2D eigenvalue weighted by Gasteiger charge is 2.24. The number of hydrogen-bond donors (Lipinski definition) is 3. The molecule has 1 aromatic carbocycles. The lowest BCUT2D eigenvalue weighted by atomic mass is 10.2. The van der Waals surface area contributed by atoms with E-state index in [4.69, 9.17) is 5.73 Å². The average Bonchev–Trinajstić information content (AvgIpc) is 3.11. The molecule has 1 aliphatic heterocycles. The molecular formula is C20H28ClFN6O. The van der Waals surface area contributed by atoms with Gasteiger partial charge in [-0.25, -0.2) is 9.37 Å². The van der Waals surface area contributed by atoms with Crippen molar-refractivity contribution in [3.05, 3.63) is 35.8 Å². The van der Waals surface area contributed by atoms with Gasteiger partial charge in [0.1, 0.15) is 11.6 Å². The molecule has 1 atom stereocenters. The lowest BCUT2D eigenvalue weighted by molar-refractivity contribution is -0.119. The van der Waals surface area contributed by atoms with Crippen LogP contribution in [0.5, 0.6) is 0 Å². The fourth-order valence-corrected chi connectivity index (χ4v) is 3.31. The van der Waals surface area contributed by atoms with E-state index in [0.29, 0.717) is 18.2 Å². The number of unbranched alkanes of at least 4 members (excludes halogenated alkanes) is 1. The number of benzene rings is 1. The number of carbonyl (C=O) groups excluding carboxylic acids is 1. The van der Waals surface area contributed by atoms with Crippen LogP contribution in [0.1, 0.15) is 38.8 Å². The molecule has 2 heterocycles. The third kappa shape index (κ3) is 6.19. The maximum Gasteiger partial charge on any atom is 0.229 e. The quantitative estimate of drug-likeness (QED) is 0.591. The maximum atomic E-state index is 13.4. The minimum atomic E-state index is -0.454. The van der Waals surface area contributed by atoms with Crippen LogP contribution in [0.15, 0.2) is 24.3 Å². The zero-order valence-corrected chi connectivity index (χ0v) is 17.6. The van der Waals surface area contributed by atoms with Gasteiger partial charge in [-0.1, -0.05) is 13.3 Å². The van der Waals surface area contributed by atoms with Crippen LogP contribution in [0, 0.1) is 5.82 Å². The fourth-order valence-electron chi connectivity index (χ4n) is 3.31. The lowest BCUT2D eigenvalue weighted by Gasteiger charge is -2.19. The molecule has 9 heteroatoms. The molecule has 0 saturated carbocycles. The Balaban J connectivity index is 0.00000300. The van der Waals surface area contributed by atoms with Crippen LogP contribution in [0.2, 0.25) is 0 Å². The van der Waals surface area contributed by atoms with Crippen LogP contribution in [0.25, 0.3) is 0 Å². The van der Waals surface area contributed by atoms with Crippen molar-refractivity contribution in [2.24, 2.45) is 0 Å². The Labute approximate surface area is 176 Å². The van der Waals surface area contributed by atoms with Gasteiger partial charge in [-0.2, -0.15) is 4.98 Å². The van der Waals surface area contributed by atoms with Crippen molar-refractivity contribution in [3.8, 4) is 0 Å². The molecule has 0 bridgehead atoms. The largest absolute Gasteiger partial charge is 0.396 e. The second-order valence-electron chi connectivity index (χ2n) is 7.14. The van der Waals surface area contributed by atoms with Crippen LogP contribution in [0.3, 0.4) is 0 Å². The second-order valence-corrected chi connectivity index (χ2v) is 7.14. The lowest BCUT2D eigenvalue weighted by Crippen LogP contribution is -2.35. The van der Waals surface area contributed by atoms with Gasteiger partial charge in [-0.15, -0.1) is 12.4 Å². The first-order valence-electron chi connectivity index (χ1n) is 9.66. The van der Waals surface area contributed by atoms with E-state index in [0.717, 1.165) is 43.7 Å². The molecule has 0 radical (unpaired) electrons. The molecule has 1 saturated heterocycles. The summed E-state index contributed by atoms with van der Waals surface area (Å²) in [5.41, 5.74) is 7.32. The molecule has 0 spiro atoms. The van der Waals surface area contributed by atoms with Crippen molar-refractivity contribution >= 4 is 41.5 Å². The third-order valence-corrected chi connectivity index (χ3v) is 4.72. The average molecular weight is 423 g/mol. The van der Waals surface area contributed by atoms with Crippen molar-refractivity contribution in [1.82, 2.24) is 15.3 Å². The number of halogens is 2. The summed E-state index contributed by atoms with van der Waals surface area (Å²) in [4.78, 5) is 22.7. The minimum Gasteiger partial charge on any atom is -0.396 e. The molecule has 0 aliphatic carbocycles. The van der Waals surface area contributed by atoms with E-state index in [1.807, 2.05) is 6.07 Å². The van der Waals surface area contributed by atoms with Crippen molar-refractivity contribution in [1.29, 1.82) is 0 Å². The molecule has 158 valence electrons. The number of hydrogen-bond acceptors (Lipinski definition) is 6. The molecule has 7 nitrogen and oxygen atoms in total. The van der Waals surface area contributed by atoms with E-state index in [1.165, 1.54) is 19.1 Å². The molecule has 4 N–H and O–H groups in total. The number of carbonyl (C=O) groups is 1. The summed E-state index contributed by atoms with van der Waals surface area (Å²) in [6, 6.07) is 6.59. The highest BCUT2D eigenvalue weighted by Crippen LogP contribution is 2.24. The van der Waals surface area contributed by atoms with Crippen LogP contribution in [-0.2, 0) is 11.2 Å². The second kappa shape index (κ2) is 10.2. The van der Waals surface area contributed by atoms with Crippen LogP contribution >= 0.6 is 12.4 Å². The molecule has 29 heavy (non-hydrogen) atoms. The van der Waals surface area contributed by atoms with Crippen LogP contribution < -0.4 is 21.3 Å². The first kappa shape index (κ1) is 22.7. The van der Waals surface area contributed by atoms with Gasteiger partial charge in [0.25, 0.3) is 0 Å². The molecule has 1 aromatic heterocycles. The Hall–Kier alpha value is -2.61. The standard InChI is InChI=1S/C20H27FN6O.ClH/c1-3-4-5-14-11-19(27-9-8-16(12-27)23-13(2)28)26-20(24-14)25-15-6-7-17(21)18(22)10-15;/h6-7,10-11,16H,3-5,8-9,12,22H2,1-2H3,(H,23,28)(H,24,25,26);1H/t16-;/m0./s1. The molecule has 3 rings (SSSR count). The molecule has 1 amide bonds. The monoisotopic (exact) mass is 422 g/mol. The van der Waals surface area contributed by atoms with E-state index in [-0.39, 0.29) is 30.0 Å².